The number of ether oxygens (including phenoxy) is 4. The third kappa shape index (κ3) is 4.66. The summed E-state index contributed by atoms with van der Waals surface area (Å²) in [5, 5.41) is 3.80. The highest BCUT2D eigenvalue weighted by Crippen LogP contribution is 2.32. The molecule has 2 heterocycles. The molecule has 33 heavy (non-hydrogen) atoms. The molecule has 0 aliphatic carbocycles. The fourth-order valence-corrected chi connectivity index (χ4v) is 4.02. The summed E-state index contributed by atoms with van der Waals surface area (Å²) < 4.78 is 23.4. The second kappa shape index (κ2) is 9.95. The van der Waals surface area contributed by atoms with Crippen molar-refractivity contribution in [2.45, 2.75) is 25.9 Å². The molecule has 1 atom stereocenters. The first kappa shape index (κ1) is 22.7. The quantitative estimate of drug-likeness (QED) is 0.564. The van der Waals surface area contributed by atoms with Gasteiger partial charge in [0.05, 0.1) is 37.9 Å². The van der Waals surface area contributed by atoms with Gasteiger partial charge in [-0.05, 0) is 56.2 Å². The first-order chi connectivity index (χ1) is 16.0. The SMILES string of the molecule is CCOc1ccc(-n2cc(C(=O)NCC3CCCO3)c3cc(OC)c(OC)cc3c2=O)cc1. The van der Waals surface area contributed by atoms with Gasteiger partial charge in [-0.25, -0.2) is 0 Å². The van der Waals surface area contributed by atoms with Crippen molar-refractivity contribution in [2.75, 3.05) is 34.0 Å². The molecule has 8 nitrogen and oxygen atoms in total. The largest absolute Gasteiger partial charge is 0.494 e. The van der Waals surface area contributed by atoms with Crippen molar-refractivity contribution in [3.63, 3.8) is 0 Å². The Labute approximate surface area is 192 Å². The van der Waals surface area contributed by atoms with E-state index in [1.165, 1.54) is 18.8 Å². The molecule has 174 valence electrons. The summed E-state index contributed by atoms with van der Waals surface area (Å²) in [5.41, 5.74) is 0.705. The maximum atomic E-state index is 13.4. The number of nitrogens with zero attached hydrogens (tertiary/aromatic N) is 1. The standard InChI is InChI=1S/C25H28N2O6/c1-4-32-17-9-7-16(8-10-17)27-15-21(24(28)26-14-18-6-5-11-33-18)19-12-22(30-2)23(31-3)13-20(19)25(27)29/h7-10,12-13,15,18H,4-6,11,14H2,1-3H3,(H,26,28). The van der Waals surface area contributed by atoms with E-state index in [1.54, 1.807) is 42.6 Å². The lowest BCUT2D eigenvalue weighted by molar-refractivity contribution is 0.0858. The van der Waals surface area contributed by atoms with Crippen molar-refractivity contribution < 1.29 is 23.7 Å². The Morgan fingerprint density at radius 3 is 2.42 bits per heavy atom. The molecule has 1 aliphatic rings. The third-order valence-electron chi connectivity index (χ3n) is 5.71. The van der Waals surface area contributed by atoms with Crippen LogP contribution in [0.25, 0.3) is 16.5 Å². The highest BCUT2D eigenvalue weighted by atomic mass is 16.5. The van der Waals surface area contributed by atoms with Gasteiger partial charge < -0.3 is 24.3 Å². The fourth-order valence-electron chi connectivity index (χ4n) is 4.02. The molecule has 1 amide bonds. The predicted octanol–water partition coefficient (Wildman–Crippen LogP) is 3.32. The Balaban J connectivity index is 1.83. The fraction of sp³-hybridized carbons (Fsp3) is 0.360. The molecular weight excluding hydrogens is 424 g/mol. The van der Waals surface area contributed by atoms with E-state index in [-0.39, 0.29) is 17.6 Å². The van der Waals surface area contributed by atoms with E-state index in [9.17, 15) is 9.59 Å². The van der Waals surface area contributed by atoms with Crippen LogP contribution in [0.5, 0.6) is 17.2 Å². The number of aromatic nitrogens is 1. The molecule has 2 aromatic carbocycles. The summed E-state index contributed by atoms with van der Waals surface area (Å²) in [7, 11) is 3.02. The van der Waals surface area contributed by atoms with Crippen LogP contribution < -0.4 is 25.1 Å². The number of amides is 1. The average molecular weight is 453 g/mol. The number of methoxy groups -OCH3 is 2. The van der Waals surface area contributed by atoms with Crippen LogP contribution in [0.1, 0.15) is 30.1 Å². The maximum Gasteiger partial charge on any atom is 0.263 e. The van der Waals surface area contributed by atoms with E-state index < -0.39 is 0 Å². The number of fused-ring (bicyclic) bond motifs is 1. The molecule has 1 saturated heterocycles. The van der Waals surface area contributed by atoms with Crippen LogP contribution in [0.3, 0.4) is 0 Å². The summed E-state index contributed by atoms with van der Waals surface area (Å²) in [5.74, 6) is 1.27. The van der Waals surface area contributed by atoms with Gasteiger partial charge in [0.15, 0.2) is 11.5 Å². The van der Waals surface area contributed by atoms with Gasteiger partial charge in [0.25, 0.3) is 11.5 Å². The number of carbonyl (C=O) groups is 1. The third-order valence-corrected chi connectivity index (χ3v) is 5.71. The Hall–Kier alpha value is -3.52. The van der Waals surface area contributed by atoms with E-state index in [0.29, 0.717) is 59.0 Å². The minimum atomic E-state index is -0.289. The second-order valence-electron chi connectivity index (χ2n) is 7.74. The molecular formula is C25H28N2O6. The minimum Gasteiger partial charge on any atom is -0.494 e. The summed E-state index contributed by atoms with van der Waals surface area (Å²) >= 11 is 0. The molecule has 1 unspecified atom stereocenters. The second-order valence-corrected chi connectivity index (χ2v) is 7.74. The molecule has 0 radical (unpaired) electrons. The van der Waals surface area contributed by atoms with Crippen molar-refractivity contribution in [1.82, 2.24) is 9.88 Å². The number of rotatable bonds is 8. The molecule has 0 spiro atoms. The molecule has 8 heteroatoms. The number of nitrogens with one attached hydrogen (secondary N) is 1. The van der Waals surface area contributed by atoms with Gasteiger partial charge in [0, 0.05) is 30.4 Å². The van der Waals surface area contributed by atoms with E-state index in [0.717, 1.165) is 12.8 Å². The van der Waals surface area contributed by atoms with Crippen LogP contribution in [0.15, 0.2) is 47.4 Å². The van der Waals surface area contributed by atoms with Gasteiger partial charge in [-0.15, -0.1) is 0 Å². The zero-order chi connectivity index (χ0) is 23.4. The van der Waals surface area contributed by atoms with Crippen LogP contribution in [-0.2, 0) is 4.74 Å². The number of benzene rings is 2. The summed E-state index contributed by atoms with van der Waals surface area (Å²) in [6, 6.07) is 10.4. The summed E-state index contributed by atoms with van der Waals surface area (Å²) in [6.45, 7) is 3.58. The highest BCUT2D eigenvalue weighted by molar-refractivity contribution is 6.07. The molecule has 1 fully saturated rings. The molecule has 1 aliphatic heterocycles. The predicted molar refractivity (Wildman–Crippen MR) is 125 cm³/mol. The number of carbonyl (C=O) groups excluding carboxylic acids is 1. The van der Waals surface area contributed by atoms with Crippen LogP contribution in [0.4, 0.5) is 0 Å². The summed E-state index contributed by atoms with van der Waals surface area (Å²) in [6.07, 6.45) is 3.48. The van der Waals surface area contributed by atoms with Gasteiger partial charge in [0.1, 0.15) is 5.75 Å². The summed E-state index contributed by atoms with van der Waals surface area (Å²) in [4.78, 5) is 26.7. The van der Waals surface area contributed by atoms with Crippen LogP contribution in [-0.4, -0.2) is 50.6 Å². The van der Waals surface area contributed by atoms with Crippen molar-refractivity contribution >= 4 is 16.7 Å². The first-order valence-corrected chi connectivity index (χ1v) is 11.0. The number of hydrogen-bond donors (Lipinski definition) is 1. The van der Waals surface area contributed by atoms with Gasteiger partial charge in [-0.3, -0.25) is 14.2 Å². The molecule has 1 N–H and O–H groups in total. The lowest BCUT2D eigenvalue weighted by Crippen LogP contribution is -2.33. The Morgan fingerprint density at radius 1 is 1.12 bits per heavy atom. The van der Waals surface area contributed by atoms with Gasteiger partial charge >= 0.3 is 0 Å². The molecule has 0 saturated carbocycles. The Bertz CT molecular complexity index is 1200. The van der Waals surface area contributed by atoms with E-state index in [1.807, 2.05) is 6.92 Å². The van der Waals surface area contributed by atoms with Crippen LogP contribution in [0.2, 0.25) is 0 Å². The van der Waals surface area contributed by atoms with Crippen molar-refractivity contribution in [3.8, 4) is 22.9 Å². The smallest absolute Gasteiger partial charge is 0.263 e. The topological polar surface area (TPSA) is 88.0 Å². The maximum absolute atomic E-state index is 13.4. The van der Waals surface area contributed by atoms with Crippen molar-refractivity contribution in [3.05, 3.63) is 58.5 Å². The lowest BCUT2D eigenvalue weighted by atomic mass is 10.0. The highest BCUT2D eigenvalue weighted by Gasteiger charge is 2.21. The van der Waals surface area contributed by atoms with Crippen LogP contribution in [0, 0.1) is 0 Å². The normalized spacial score (nSPS) is 15.4. The van der Waals surface area contributed by atoms with Gasteiger partial charge in [-0.1, -0.05) is 0 Å². The van der Waals surface area contributed by atoms with Crippen molar-refractivity contribution in [2.24, 2.45) is 0 Å². The molecule has 1 aromatic heterocycles. The van der Waals surface area contributed by atoms with Gasteiger partial charge in [-0.2, -0.15) is 0 Å². The molecule has 3 aromatic rings. The number of hydrogen-bond acceptors (Lipinski definition) is 6. The van der Waals surface area contributed by atoms with Crippen LogP contribution >= 0.6 is 0 Å². The van der Waals surface area contributed by atoms with E-state index in [2.05, 4.69) is 5.32 Å². The first-order valence-electron chi connectivity index (χ1n) is 11.0. The molecule has 0 bridgehead atoms. The van der Waals surface area contributed by atoms with Crippen molar-refractivity contribution in [1.29, 1.82) is 0 Å². The monoisotopic (exact) mass is 452 g/mol. The average Bonchev–Trinajstić information content (AvgIpc) is 3.36. The Kier molecular flexibility index (Phi) is 6.84. The zero-order valence-electron chi connectivity index (χ0n) is 19.1. The minimum absolute atomic E-state index is 0.00635. The Morgan fingerprint density at radius 2 is 1.82 bits per heavy atom. The zero-order valence-corrected chi connectivity index (χ0v) is 19.1. The van der Waals surface area contributed by atoms with Gasteiger partial charge in [0.2, 0.25) is 0 Å². The van der Waals surface area contributed by atoms with E-state index >= 15 is 0 Å². The van der Waals surface area contributed by atoms with E-state index in [4.69, 9.17) is 18.9 Å². The lowest BCUT2D eigenvalue weighted by Gasteiger charge is -2.16. The molecule has 4 rings (SSSR count). The number of pyridine rings is 1.